The van der Waals surface area contributed by atoms with Crippen molar-refractivity contribution in [3.63, 3.8) is 0 Å². The van der Waals surface area contributed by atoms with E-state index in [-0.39, 0.29) is 0 Å². The molecule has 0 rings (SSSR count). The normalized spacial score (nSPS) is 13.7. The fraction of sp³-hybridized carbons (Fsp3) is 0.750. The number of hydrogen-bond donors (Lipinski definition) is 0. The Morgan fingerprint density at radius 3 is 2.50 bits per heavy atom. The summed E-state index contributed by atoms with van der Waals surface area (Å²) in [6.45, 7) is 1.99. The molecule has 0 amide bonds. The summed E-state index contributed by atoms with van der Waals surface area (Å²) in [5.41, 5.74) is 0. The second-order valence-electron chi connectivity index (χ2n) is 1.25. The predicted molar refractivity (Wildman–Crippen MR) is 27.3 cm³/mol. The first kappa shape index (κ1) is 6.19. The van der Waals surface area contributed by atoms with Gasteiger partial charge in [0.05, 0.1) is 0 Å². The molecule has 1 unspecified atom stereocenters. The van der Waals surface area contributed by atoms with E-state index >= 15 is 0 Å². The Kier molecular flexibility index (Phi) is 3.49. The van der Waals surface area contributed by atoms with Gasteiger partial charge in [0.1, 0.15) is 0 Å². The van der Waals surface area contributed by atoms with Crippen LogP contribution in [0.5, 0.6) is 0 Å². The zero-order chi connectivity index (χ0) is 4.99. The maximum absolute atomic E-state index is 9.61. The molecule has 1 atom stereocenters. The van der Waals surface area contributed by atoms with E-state index in [0.29, 0.717) is 11.2 Å². The number of aldehydes is 1. The van der Waals surface area contributed by atoms with Gasteiger partial charge in [-0.3, -0.25) is 0 Å². The summed E-state index contributed by atoms with van der Waals surface area (Å²) < 4.78 is 0. The van der Waals surface area contributed by atoms with E-state index < -0.39 is 0 Å². The maximum atomic E-state index is 9.61. The van der Waals surface area contributed by atoms with Gasteiger partial charge in [0.15, 0.2) is 0 Å². The molecule has 0 radical (unpaired) electrons. The Morgan fingerprint density at radius 2 is 2.50 bits per heavy atom. The number of carbonyl (C=O) groups excluding carboxylic acids is 1. The molecule has 0 aliphatic carbocycles. The van der Waals surface area contributed by atoms with Gasteiger partial charge in [0.2, 0.25) is 0 Å². The van der Waals surface area contributed by atoms with Crippen LogP contribution in [0.15, 0.2) is 0 Å². The minimum atomic E-state index is 0.468. The molecule has 0 aromatic rings. The Labute approximate surface area is 45.9 Å². The predicted octanol–water partition coefficient (Wildman–Crippen LogP) is 0.285. The molecule has 0 spiro atoms. The second kappa shape index (κ2) is 3.38. The molecule has 0 heterocycles. The second-order valence-corrected chi connectivity index (χ2v) is 3.10. The third-order valence-electron chi connectivity index (χ3n) is 0.437. The summed E-state index contributed by atoms with van der Waals surface area (Å²) in [5.74, 6) is 0. The van der Waals surface area contributed by atoms with Gasteiger partial charge in [0.25, 0.3) is 0 Å². The van der Waals surface area contributed by atoms with Gasteiger partial charge < -0.3 is 0 Å². The summed E-state index contributed by atoms with van der Waals surface area (Å²) in [5, 5.41) is 0. The monoisotopic (exact) mass is 152 g/mol. The van der Waals surface area contributed by atoms with Crippen LogP contribution >= 0.6 is 0 Å². The van der Waals surface area contributed by atoms with Gasteiger partial charge >= 0.3 is 45.3 Å². The van der Waals surface area contributed by atoms with Crippen molar-refractivity contribution in [2.45, 2.75) is 18.2 Å². The van der Waals surface area contributed by atoms with Crippen molar-refractivity contribution in [3.8, 4) is 0 Å². The van der Waals surface area contributed by atoms with E-state index in [2.05, 4.69) is 16.0 Å². The van der Waals surface area contributed by atoms with Gasteiger partial charge in [0, 0.05) is 0 Å². The number of carbonyl (C=O) groups is 1. The van der Waals surface area contributed by atoms with Gasteiger partial charge in [-0.25, -0.2) is 0 Å². The Balaban J connectivity index is 2.81. The molecular weight excluding hydrogens is 143 g/mol. The minimum absolute atomic E-state index is 0.468. The van der Waals surface area contributed by atoms with Crippen LogP contribution in [0.2, 0.25) is 4.82 Å². The molecular formula is C4H8OSe. The molecule has 0 aromatic carbocycles. The van der Waals surface area contributed by atoms with Crippen LogP contribution in [-0.2, 0) is 4.79 Å². The van der Waals surface area contributed by atoms with Gasteiger partial charge in [-0.1, -0.05) is 0 Å². The average molecular weight is 151 g/mol. The molecule has 0 aliphatic rings. The van der Waals surface area contributed by atoms with E-state index in [0.717, 1.165) is 6.29 Å². The van der Waals surface area contributed by atoms with Crippen LogP contribution in [-0.4, -0.2) is 22.3 Å². The molecule has 0 bridgehead atoms. The van der Waals surface area contributed by atoms with Crippen molar-refractivity contribution in [2.24, 2.45) is 0 Å². The van der Waals surface area contributed by atoms with E-state index in [1.165, 1.54) is 0 Å². The third-order valence-corrected chi connectivity index (χ3v) is 0.880. The van der Waals surface area contributed by atoms with Crippen LogP contribution in [0.25, 0.3) is 0 Å². The molecule has 2 heteroatoms. The number of hydrogen-bond acceptors (Lipinski definition) is 1. The molecule has 0 saturated carbocycles. The fourth-order valence-electron chi connectivity index (χ4n) is 0.139. The van der Waals surface area contributed by atoms with Crippen molar-refractivity contribution in [1.82, 2.24) is 0 Å². The Bertz CT molecular complexity index is 42.8. The molecule has 0 saturated heterocycles. The summed E-state index contributed by atoms with van der Waals surface area (Å²) in [6, 6.07) is 0. The standard InChI is InChI=1S/C4H8OSe/c1-4(6)2-3-5/h3-4,6H,2H2,1H3. The quantitative estimate of drug-likeness (QED) is 0.409. The first-order valence-corrected chi connectivity index (χ1v) is 2.97. The molecule has 0 fully saturated rings. The number of rotatable bonds is 2. The Hall–Kier alpha value is 0.189. The van der Waals surface area contributed by atoms with Gasteiger partial charge in [-0.2, -0.15) is 0 Å². The first-order chi connectivity index (χ1) is 2.77. The topological polar surface area (TPSA) is 17.1 Å². The average Bonchev–Trinajstić information content (AvgIpc) is 1.35. The molecule has 36 valence electrons. The van der Waals surface area contributed by atoms with Crippen molar-refractivity contribution < 1.29 is 4.79 Å². The zero-order valence-electron chi connectivity index (χ0n) is 3.72. The van der Waals surface area contributed by atoms with E-state index in [1.807, 2.05) is 6.92 Å². The summed E-state index contributed by atoms with van der Waals surface area (Å²) in [6.07, 6.45) is 1.60. The first-order valence-electron chi connectivity index (χ1n) is 1.89. The van der Waals surface area contributed by atoms with E-state index in [4.69, 9.17) is 0 Å². The SMILES string of the molecule is CC([SeH])CC=O. The zero-order valence-corrected chi connectivity index (χ0v) is 5.59. The summed E-state index contributed by atoms with van der Waals surface area (Å²) >= 11 is 2.42. The van der Waals surface area contributed by atoms with Gasteiger partial charge in [-0.05, 0) is 0 Å². The molecule has 0 aromatic heterocycles. The molecule has 0 N–H and O–H groups in total. The summed E-state index contributed by atoms with van der Waals surface area (Å²) in [4.78, 5) is 10.1. The molecule has 0 aliphatic heterocycles. The van der Waals surface area contributed by atoms with Gasteiger partial charge in [-0.15, -0.1) is 0 Å². The van der Waals surface area contributed by atoms with Crippen molar-refractivity contribution in [3.05, 3.63) is 0 Å². The summed E-state index contributed by atoms with van der Waals surface area (Å²) in [7, 11) is 0. The van der Waals surface area contributed by atoms with E-state index in [9.17, 15) is 4.79 Å². The van der Waals surface area contributed by atoms with E-state index in [1.54, 1.807) is 0 Å². The Morgan fingerprint density at radius 1 is 2.00 bits per heavy atom. The molecule has 6 heavy (non-hydrogen) atoms. The van der Waals surface area contributed by atoms with Crippen molar-refractivity contribution in [2.75, 3.05) is 0 Å². The molecule has 1 nitrogen and oxygen atoms in total. The van der Waals surface area contributed by atoms with Crippen molar-refractivity contribution >= 4 is 22.3 Å². The van der Waals surface area contributed by atoms with Crippen molar-refractivity contribution in [1.29, 1.82) is 0 Å². The third kappa shape index (κ3) is 4.19. The fourth-order valence-corrected chi connectivity index (χ4v) is 0.320. The van der Waals surface area contributed by atoms with Crippen LogP contribution in [0.4, 0.5) is 0 Å². The van der Waals surface area contributed by atoms with Crippen LogP contribution < -0.4 is 0 Å². The van der Waals surface area contributed by atoms with Crippen LogP contribution in [0.3, 0.4) is 0 Å². The van der Waals surface area contributed by atoms with Crippen LogP contribution in [0, 0.1) is 0 Å². The van der Waals surface area contributed by atoms with Crippen LogP contribution in [0.1, 0.15) is 13.3 Å².